The molecule has 2 amide bonds. The Labute approximate surface area is 116 Å². The first-order chi connectivity index (χ1) is 9.04. The van der Waals surface area contributed by atoms with E-state index in [-0.39, 0.29) is 24.3 Å². The van der Waals surface area contributed by atoms with Gasteiger partial charge in [-0.05, 0) is 17.7 Å². The Morgan fingerprint density at radius 3 is 2.89 bits per heavy atom. The highest BCUT2D eigenvalue weighted by molar-refractivity contribution is 6.30. The van der Waals surface area contributed by atoms with Crippen LogP contribution in [0.2, 0.25) is 5.02 Å². The highest BCUT2D eigenvalue weighted by Crippen LogP contribution is 2.37. The zero-order chi connectivity index (χ0) is 14.0. The second-order valence-corrected chi connectivity index (χ2v) is 4.92. The minimum Gasteiger partial charge on any atom is -0.338 e. The molecule has 0 radical (unpaired) electrons. The second-order valence-electron chi connectivity index (χ2n) is 4.49. The predicted molar refractivity (Wildman–Crippen MR) is 70.2 cm³/mol. The molecule has 19 heavy (non-hydrogen) atoms. The van der Waals surface area contributed by atoms with Crippen molar-refractivity contribution in [3.8, 4) is 0 Å². The number of hydrogen-bond donors (Lipinski definition) is 1. The van der Waals surface area contributed by atoms with Gasteiger partial charge in [0.15, 0.2) is 0 Å². The van der Waals surface area contributed by atoms with Gasteiger partial charge >= 0.3 is 0 Å². The van der Waals surface area contributed by atoms with Crippen LogP contribution in [0.1, 0.15) is 18.0 Å². The number of halogens is 1. The Kier molecular flexibility index (Phi) is 4.07. The summed E-state index contributed by atoms with van der Waals surface area (Å²) in [5, 5.41) is 0.580. The van der Waals surface area contributed by atoms with Crippen molar-refractivity contribution < 1.29 is 14.4 Å². The quantitative estimate of drug-likeness (QED) is 0.856. The van der Waals surface area contributed by atoms with Gasteiger partial charge in [0.1, 0.15) is 0 Å². The lowest BCUT2D eigenvalue weighted by Crippen LogP contribution is -2.33. The number of carbonyl (C=O) groups excluding carboxylic acids is 2. The number of carbonyl (C=O) groups is 2. The van der Waals surface area contributed by atoms with Crippen LogP contribution in [0, 0.1) is 5.92 Å². The molecule has 1 heterocycles. The first kappa shape index (κ1) is 13.8. The summed E-state index contributed by atoms with van der Waals surface area (Å²) in [6.45, 7) is 0. The van der Waals surface area contributed by atoms with Crippen molar-refractivity contribution in [2.24, 2.45) is 5.92 Å². The summed E-state index contributed by atoms with van der Waals surface area (Å²) in [6, 6.07) is 6.88. The summed E-state index contributed by atoms with van der Waals surface area (Å²) in [6.07, 6.45) is 0.170. The second kappa shape index (κ2) is 5.59. The third-order valence-corrected chi connectivity index (χ3v) is 3.55. The van der Waals surface area contributed by atoms with Crippen molar-refractivity contribution in [1.29, 1.82) is 0 Å². The molecule has 6 heteroatoms. The summed E-state index contributed by atoms with van der Waals surface area (Å²) in [5.41, 5.74) is 3.14. The lowest BCUT2D eigenvalue weighted by Gasteiger charge is -2.24. The van der Waals surface area contributed by atoms with E-state index in [1.807, 2.05) is 6.07 Å². The third kappa shape index (κ3) is 2.72. The van der Waals surface area contributed by atoms with Crippen molar-refractivity contribution >= 4 is 23.4 Å². The summed E-state index contributed by atoms with van der Waals surface area (Å²) < 4.78 is 0. The van der Waals surface area contributed by atoms with Crippen LogP contribution in [-0.2, 0) is 14.4 Å². The summed E-state index contributed by atoms with van der Waals surface area (Å²) in [7, 11) is 3.06. The molecule has 102 valence electrons. The Morgan fingerprint density at radius 1 is 1.53 bits per heavy atom. The maximum absolute atomic E-state index is 12.0. The summed E-state index contributed by atoms with van der Waals surface area (Å²) in [4.78, 5) is 30.0. The molecule has 0 saturated carbocycles. The third-order valence-electron chi connectivity index (χ3n) is 3.32. The lowest BCUT2D eigenvalue weighted by atomic mass is 9.93. The smallest absolute Gasteiger partial charge is 0.249 e. The number of amides is 2. The molecule has 1 aromatic carbocycles. The van der Waals surface area contributed by atoms with Crippen LogP contribution in [0.25, 0.3) is 0 Å². The molecule has 0 aliphatic carbocycles. The van der Waals surface area contributed by atoms with E-state index in [2.05, 4.69) is 10.3 Å². The van der Waals surface area contributed by atoms with E-state index in [1.54, 1.807) is 30.1 Å². The number of likely N-dealkylation sites (tertiary alicyclic amines) is 1. The van der Waals surface area contributed by atoms with Crippen molar-refractivity contribution in [2.75, 3.05) is 14.2 Å². The SMILES string of the molecule is CONC(=O)C1CC(=O)N(C)C1c1cccc(Cl)c1. The number of nitrogens with one attached hydrogen (secondary N) is 1. The number of rotatable bonds is 3. The van der Waals surface area contributed by atoms with Crippen molar-refractivity contribution in [1.82, 2.24) is 10.4 Å². The van der Waals surface area contributed by atoms with Crippen LogP contribution in [0.15, 0.2) is 24.3 Å². The highest BCUT2D eigenvalue weighted by Gasteiger charge is 2.42. The number of nitrogens with zero attached hydrogens (tertiary/aromatic N) is 1. The molecular formula is C13H15ClN2O3. The first-order valence-electron chi connectivity index (χ1n) is 5.88. The molecule has 1 aromatic rings. The number of benzene rings is 1. The number of hydroxylamine groups is 1. The molecule has 0 spiro atoms. The van der Waals surface area contributed by atoms with Crippen LogP contribution in [-0.4, -0.2) is 30.9 Å². The molecule has 1 N–H and O–H groups in total. The zero-order valence-corrected chi connectivity index (χ0v) is 11.5. The Bertz CT molecular complexity index is 506. The fourth-order valence-corrected chi connectivity index (χ4v) is 2.63. The molecule has 5 nitrogen and oxygen atoms in total. The van der Waals surface area contributed by atoms with Gasteiger partial charge in [-0.3, -0.25) is 14.4 Å². The Hall–Kier alpha value is -1.59. The fraction of sp³-hybridized carbons (Fsp3) is 0.385. The minimum absolute atomic E-state index is 0.0683. The predicted octanol–water partition coefficient (Wildman–Crippen LogP) is 1.54. The van der Waals surface area contributed by atoms with Crippen molar-refractivity contribution in [3.05, 3.63) is 34.9 Å². The molecule has 2 atom stereocenters. The molecule has 1 aliphatic rings. The molecule has 0 bridgehead atoms. The van der Waals surface area contributed by atoms with E-state index < -0.39 is 5.92 Å². The van der Waals surface area contributed by atoms with Gasteiger partial charge in [-0.1, -0.05) is 23.7 Å². The van der Waals surface area contributed by atoms with E-state index in [0.717, 1.165) is 5.56 Å². The van der Waals surface area contributed by atoms with E-state index in [1.165, 1.54) is 7.11 Å². The molecule has 1 fully saturated rings. The normalized spacial score (nSPS) is 22.7. The van der Waals surface area contributed by atoms with Crippen molar-refractivity contribution in [2.45, 2.75) is 12.5 Å². The molecule has 0 aromatic heterocycles. The van der Waals surface area contributed by atoms with Crippen molar-refractivity contribution in [3.63, 3.8) is 0 Å². The van der Waals surface area contributed by atoms with Gasteiger partial charge in [-0.25, -0.2) is 5.48 Å². The highest BCUT2D eigenvalue weighted by atomic mass is 35.5. The van der Waals surface area contributed by atoms with E-state index in [9.17, 15) is 9.59 Å². The Balaban J connectivity index is 2.33. The van der Waals surface area contributed by atoms with E-state index in [0.29, 0.717) is 5.02 Å². The topological polar surface area (TPSA) is 58.6 Å². The largest absolute Gasteiger partial charge is 0.338 e. The maximum atomic E-state index is 12.0. The van der Waals surface area contributed by atoms with Gasteiger partial charge in [-0.15, -0.1) is 0 Å². The molecular weight excluding hydrogens is 268 g/mol. The van der Waals surface area contributed by atoms with E-state index >= 15 is 0 Å². The minimum atomic E-state index is -0.476. The van der Waals surface area contributed by atoms with E-state index in [4.69, 9.17) is 11.6 Å². The monoisotopic (exact) mass is 282 g/mol. The summed E-state index contributed by atoms with van der Waals surface area (Å²) in [5.74, 6) is -0.845. The molecule has 1 saturated heterocycles. The van der Waals surface area contributed by atoms with Crippen LogP contribution in [0.3, 0.4) is 0 Å². The number of hydrogen-bond acceptors (Lipinski definition) is 3. The van der Waals surface area contributed by atoms with Crippen LogP contribution < -0.4 is 5.48 Å². The van der Waals surface area contributed by atoms with Crippen LogP contribution >= 0.6 is 11.6 Å². The zero-order valence-electron chi connectivity index (χ0n) is 10.7. The standard InChI is InChI=1S/C13H15ClN2O3/c1-16-11(17)7-10(13(18)15-19-2)12(16)8-4-3-5-9(14)6-8/h3-6,10,12H,7H2,1-2H3,(H,15,18). The lowest BCUT2D eigenvalue weighted by molar-refractivity contribution is -0.136. The van der Waals surface area contributed by atoms with Gasteiger partial charge < -0.3 is 4.90 Å². The average Bonchev–Trinajstić information content (AvgIpc) is 2.66. The summed E-state index contributed by atoms with van der Waals surface area (Å²) >= 11 is 5.97. The molecule has 2 rings (SSSR count). The van der Waals surface area contributed by atoms with Crippen LogP contribution in [0.5, 0.6) is 0 Å². The molecule has 2 unspecified atom stereocenters. The Morgan fingerprint density at radius 2 is 2.26 bits per heavy atom. The fourth-order valence-electron chi connectivity index (χ4n) is 2.43. The van der Waals surface area contributed by atoms with Gasteiger partial charge in [0.05, 0.1) is 19.1 Å². The first-order valence-corrected chi connectivity index (χ1v) is 6.26. The average molecular weight is 283 g/mol. The maximum Gasteiger partial charge on any atom is 0.249 e. The van der Waals surface area contributed by atoms with Gasteiger partial charge in [0, 0.05) is 18.5 Å². The van der Waals surface area contributed by atoms with Gasteiger partial charge in [0.2, 0.25) is 11.8 Å². The van der Waals surface area contributed by atoms with Crippen LogP contribution in [0.4, 0.5) is 0 Å². The van der Waals surface area contributed by atoms with Gasteiger partial charge in [0.25, 0.3) is 0 Å². The van der Waals surface area contributed by atoms with Gasteiger partial charge in [-0.2, -0.15) is 0 Å². The molecule has 1 aliphatic heterocycles.